The summed E-state index contributed by atoms with van der Waals surface area (Å²) in [5, 5.41) is 4.55. The highest BCUT2D eigenvalue weighted by Crippen LogP contribution is 2.22. The fourth-order valence-electron chi connectivity index (χ4n) is 5.14. The Kier molecular flexibility index (Phi) is 11.2. The van der Waals surface area contributed by atoms with Crippen LogP contribution in [0.5, 0.6) is 5.75 Å². The second-order valence-corrected chi connectivity index (χ2v) is 10.6. The van der Waals surface area contributed by atoms with Crippen LogP contribution in [0.1, 0.15) is 29.7 Å². The summed E-state index contributed by atoms with van der Waals surface area (Å²) in [6.07, 6.45) is 4.05. The molecule has 4 aromatic rings. The van der Waals surface area contributed by atoms with E-state index in [0.717, 1.165) is 93.1 Å². The Morgan fingerprint density at radius 1 is 0.829 bits per heavy atom. The first-order chi connectivity index (χ1) is 20.2. The van der Waals surface area contributed by atoms with Crippen LogP contribution in [0.3, 0.4) is 0 Å². The molecule has 1 N–H and O–H groups in total. The molecule has 0 unspecified atom stereocenters. The Morgan fingerprint density at radius 3 is 2.46 bits per heavy atom. The van der Waals surface area contributed by atoms with Gasteiger partial charge in [0.1, 0.15) is 29.5 Å². The van der Waals surface area contributed by atoms with Gasteiger partial charge in [-0.25, -0.2) is 4.39 Å². The molecule has 1 aliphatic rings. The van der Waals surface area contributed by atoms with Crippen molar-refractivity contribution in [2.75, 3.05) is 52.6 Å². The van der Waals surface area contributed by atoms with Gasteiger partial charge in [-0.05, 0) is 66.8 Å². The minimum atomic E-state index is -0.205. The zero-order valence-corrected chi connectivity index (χ0v) is 23.7. The van der Waals surface area contributed by atoms with Crippen LogP contribution in [0.15, 0.2) is 83.3 Å². The van der Waals surface area contributed by atoms with E-state index in [0.29, 0.717) is 25.9 Å². The number of hydrogen-bond acceptors (Lipinski definition) is 6. The number of halogens is 1. The average Bonchev–Trinajstić information content (AvgIpc) is 3.42. The molecule has 7 heteroatoms. The molecule has 0 atom stereocenters. The number of hydrogen-bond donors (Lipinski definition) is 1. The van der Waals surface area contributed by atoms with Crippen molar-refractivity contribution in [2.24, 2.45) is 0 Å². The monoisotopic (exact) mass is 560 g/mol. The predicted octanol–water partition coefficient (Wildman–Crippen LogP) is 6.02. The van der Waals surface area contributed by atoms with Crippen LogP contribution in [-0.4, -0.2) is 63.6 Å². The summed E-state index contributed by atoms with van der Waals surface area (Å²) in [6.45, 7) is 7.22. The maximum absolute atomic E-state index is 13.1. The van der Waals surface area contributed by atoms with Crippen LogP contribution in [0.2, 0.25) is 0 Å². The van der Waals surface area contributed by atoms with Crippen molar-refractivity contribution >= 4 is 11.0 Å². The Morgan fingerprint density at radius 2 is 1.63 bits per heavy atom. The number of furan rings is 1. The summed E-state index contributed by atoms with van der Waals surface area (Å²) in [4.78, 5) is 2.45. The molecule has 218 valence electrons. The van der Waals surface area contributed by atoms with Crippen LogP contribution < -0.4 is 10.1 Å². The van der Waals surface area contributed by atoms with Gasteiger partial charge in [0, 0.05) is 44.5 Å². The summed E-state index contributed by atoms with van der Waals surface area (Å²) < 4.78 is 36.8. The van der Waals surface area contributed by atoms with Gasteiger partial charge < -0.3 is 23.9 Å². The average molecular weight is 561 g/mol. The maximum Gasteiger partial charge on any atom is 0.134 e. The summed E-state index contributed by atoms with van der Waals surface area (Å²) in [5.41, 5.74) is 3.18. The van der Waals surface area contributed by atoms with E-state index in [4.69, 9.17) is 18.6 Å². The number of piperidine rings is 1. The molecule has 2 heterocycles. The van der Waals surface area contributed by atoms with Gasteiger partial charge in [-0.1, -0.05) is 42.5 Å². The Bertz CT molecular complexity index is 1300. The number of nitrogens with one attached hydrogen (secondary N) is 1. The van der Waals surface area contributed by atoms with Crippen LogP contribution in [0, 0.1) is 5.82 Å². The van der Waals surface area contributed by atoms with Crippen molar-refractivity contribution in [1.29, 1.82) is 0 Å². The fraction of sp³-hybridized carbons (Fsp3) is 0.412. The summed E-state index contributed by atoms with van der Waals surface area (Å²) in [5.74, 6) is 1.68. The number of aryl methyl sites for hydroxylation is 2. The third kappa shape index (κ3) is 9.68. The third-order valence-electron chi connectivity index (χ3n) is 7.50. The lowest BCUT2D eigenvalue weighted by Gasteiger charge is -2.31. The third-order valence-corrected chi connectivity index (χ3v) is 7.50. The molecule has 5 rings (SSSR count). The number of nitrogens with zero attached hydrogens (tertiary/aromatic N) is 1. The van der Waals surface area contributed by atoms with E-state index in [2.05, 4.69) is 34.5 Å². The highest BCUT2D eigenvalue weighted by atomic mass is 19.1. The van der Waals surface area contributed by atoms with E-state index in [-0.39, 0.29) is 5.82 Å². The molecule has 0 aliphatic carbocycles. The maximum atomic E-state index is 13.1. The molecule has 1 aromatic heterocycles. The number of rotatable bonds is 16. The molecular formula is C34H41FN2O4. The molecule has 1 aliphatic heterocycles. The molecule has 0 bridgehead atoms. The quantitative estimate of drug-likeness (QED) is 0.169. The second kappa shape index (κ2) is 15.7. The summed E-state index contributed by atoms with van der Waals surface area (Å²) in [7, 11) is 0. The molecule has 0 spiro atoms. The van der Waals surface area contributed by atoms with Gasteiger partial charge >= 0.3 is 0 Å². The van der Waals surface area contributed by atoms with E-state index in [9.17, 15) is 4.39 Å². The lowest BCUT2D eigenvalue weighted by atomic mass is 10.1. The van der Waals surface area contributed by atoms with Gasteiger partial charge in [0.2, 0.25) is 0 Å². The molecule has 0 saturated carbocycles. The van der Waals surface area contributed by atoms with E-state index in [1.807, 2.05) is 42.5 Å². The minimum Gasteiger partial charge on any atom is -0.492 e. The lowest BCUT2D eigenvalue weighted by Crippen LogP contribution is -2.39. The molecule has 0 radical (unpaired) electrons. The smallest absolute Gasteiger partial charge is 0.134 e. The molecule has 3 aromatic carbocycles. The van der Waals surface area contributed by atoms with Gasteiger partial charge in [0.15, 0.2) is 0 Å². The first kappa shape index (κ1) is 29.3. The molecule has 1 saturated heterocycles. The van der Waals surface area contributed by atoms with E-state index in [1.54, 1.807) is 0 Å². The van der Waals surface area contributed by atoms with Gasteiger partial charge in [-0.15, -0.1) is 0 Å². The first-order valence-electron chi connectivity index (χ1n) is 14.8. The van der Waals surface area contributed by atoms with Crippen molar-refractivity contribution in [2.45, 2.75) is 38.3 Å². The largest absolute Gasteiger partial charge is 0.492 e. The van der Waals surface area contributed by atoms with Gasteiger partial charge in [0.05, 0.1) is 25.9 Å². The Hall–Kier alpha value is -3.23. The number of fused-ring (bicyclic) bond motifs is 1. The molecule has 41 heavy (non-hydrogen) atoms. The minimum absolute atomic E-state index is 0.205. The van der Waals surface area contributed by atoms with Crippen molar-refractivity contribution in [3.05, 3.63) is 102 Å². The number of benzene rings is 3. The SMILES string of the molecule is Fc1ccc(CCc2cc3ccc(CNCCOCCOC4CCN(CCOc5ccccc5)CC4)cc3o2)cc1. The summed E-state index contributed by atoms with van der Waals surface area (Å²) >= 11 is 0. The van der Waals surface area contributed by atoms with E-state index < -0.39 is 0 Å². The van der Waals surface area contributed by atoms with Gasteiger partial charge in [0.25, 0.3) is 0 Å². The zero-order valence-electron chi connectivity index (χ0n) is 23.7. The number of likely N-dealkylation sites (tertiary alicyclic amines) is 1. The highest BCUT2D eigenvalue weighted by Gasteiger charge is 2.19. The van der Waals surface area contributed by atoms with Crippen molar-refractivity contribution in [3.63, 3.8) is 0 Å². The van der Waals surface area contributed by atoms with Gasteiger partial charge in [-0.3, -0.25) is 4.90 Å². The normalized spacial score (nSPS) is 14.6. The number of ether oxygens (including phenoxy) is 3. The van der Waals surface area contributed by atoms with Crippen LogP contribution >= 0.6 is 0 Å². The van der Waals surface area contributed by atoms with Crippen molar-refractivity contribution in [1.82, 2.24) is 10.2 Å². The molecule has 1 fully saturated rings. The standard InChI is InChI=1S/C34H41FN2O4/c35-30-11-7-27(8-12-30)9-13-33-25-29-10-6-28(24-34(29)41-33)26-36-16-20-38-22-23-40-32-14-17-37(18-15-32)19-21-39-31-4-2-1-3-5-31/h1-8,10-12,24-25,32,36H,9,13-23,26H2. The predicted molar refractivity (Wildman–Crippen MR) is 160 cm³/mol. The Labute approximate surface area is 242 Å². The highest BCUT2D eigenvalue weighted by molar-refractivity contribution is 5.78. The van der Waals surface area contributed by atoms with Crippen molar-refractivity contribution < 1.29 is 23.0 Å². The zero-order chi connectivity index (χ0) is 28.1. The van der Waals surface area contributed by atoms with Gasteiger partial charge in [-0.2, -0.15) is 0 Å². The van der Waals surface area contributed by atoms with Crippen LogP contribution in [0.25, 0.3) is 11.0 Å². The van der Waals surface area contributed by atoms with Crippen LogP contribution in [0.4, 0.5) is 4.39 Å². The molecular weight excluding hydrogens is 519 g/mol. The van der Waals surface area contributed by atoms with E-state index >= 15 is 0 Å². The second-order valence-electron chi connectivity index (χ2n) is 10.6. The molecule has 6 nitrogen and oxygen atoms in total. The van der Waals surface area contributed by atoms with E-state index in [1.165, 1.54) is 17.7 Å². The van der Waals surface area contributed by atoms with Crippen molar-refractivity contribution in [3.8, 4) is 5.75 Å². The molecule has 0 amide bonds. The fourth-order valence-corrected chi connectivity index (χ4v) is 5.14. The lowest BCUT2D eigenvalue weighted by molar-refractivity contribution is -0.0230. The van der Waals surface area contributed by atoms with Crippen LogP contribution in [-0.2, 0) is 28.9 Å². The number of para-hydroxylation sites is 1. The topological polar surface area (TPSA) is 56.1 Å². The Balaban J connectivity index is 0.887. The first-order valence-corrected chi connectivity index (χ1v) is 14.8. The summed E-state index contributed by atoms with van der Waals surface area (Å²) in [6, 6.07) is 25.1.